The molecular formula is C18H21N3O5S. The normalized spacial score (nSPS) is 17.4. The average molecular weight is 391 g/mol. The predicted molar refractivity (Wildman–Crippen MR) is 97.9 cm³/mol. The maximum absolute atomic E-state index is 12.8. The highest BCUT2D eigenvalue weighted by Crippen LogP contribution is 2.25. The third-order valence-corrected chi connectivity index (χ3v) is 6.48. The molecule has 9 heteroatoms. The Balaban J connectivity index is 1.72. The van der Waals surface area contributed by atoms with Gasteiger partial charge in [0, 0.05) is 38.6 Å². The average Bonchev–Trinajstić information content (AvgIpc) is 2.69. The Morgan fingerprint density at radius 3 is 2.33 bits per heavy atom. The Bertz CT molecular complexity index is 879. The highest BCUT2D eigenvalue weighted by Gasteiger charge is 2.34. The van der Waals surface area contributed by atoms with Gasteiger partial charge in [-0.1, -0.05) is 6.07 Å². The molecule has 27 heavy (non-hydrogen) atoms. The second kappa shape index (κ2) is 8.03. The second-order valence-electron chi connectivity index (χ2n) is 6.14. The minimum Gasteiger partial charge on any atom is -0.497 e. The van der Waals surface area contributed by atoms with Gasteiger partial charge < -0.3 is 9.84 Å². The van der Waals surface area contributed by atoms with E-state index >= 15 is 0 Å². The Hall–Kier alpha value is -2.49. The molecule has 3 rings (SSSR count). The van der Waals surface area contributed by atoms with Crippen LogP contribution in [-0.2, 0) is 14.8 Å². The van der Waals surface area contributed by atoms with Crippen molar-refractivity contribution in [1.29, 1.82) is 0 Å². The summed E-state index contributed by atoms with van der Waals surface area (Å²) in [6.45, 7) is 1.08. The third-order valence-electron chi connectivity index (χ3n) is 4.57. The molecule has 1 N–H and O–H groups in total. The molecule has 0 radical (unpaired) electrons. The summed E-state index contributed by atoms with van der Waals surface area (Å²) in [6, 6.07) is 8.79. The number of ether oxygens (including phenoxy) is 1. The van der Waals surface area contributed by atoms with Crippen LogP contribution in [0.5, 0.6) is 5.75 Å². The zero-order valence-corrected chi connectivity index (χ0v) is 15.7. The Labute approximate surface area is 158 Å². The van der Waals surface area contributed by atoms with Crippen LogP contribution in [-0.4, -0.2) is 67.0 Å². The van der Waals surface area contributed by atoms with Gasteiger partial charge in [0.15, 0.2) is 0 Å². The number of aromatic nitrogens is 1. The van der Waals surface area contributed by atoms with E-state index < -0.39 is 22.0 Å². The summed E-state index contributed by atoms with van der Waals surface area (Å²) in [5.41, 5.74) is 0.580. The van der Waals surface area contributed by atoms with Crippen molar-refractivity contribution < 1.29 is 23.1 Å². The van der Waals surface area contributed by atoms with Crippen molar-refractivity contribution in [2.24, 2.45) is 0 Å². The van der Waals surface area contributed by atoms with E-state index in [9.17, 15) is 18.3 Å². The van der Waals surface area contributed by atoms with Gasteiger partial charge in [0.2, 0.25) is 10.0 Å². The van der Waals surface area contributed by atoms with Crippen molar-refractivity contribution in [2.75, 3.05) is 33.3 Å². The number of carbonyl (C=O) groups is 1. The van der Waals surface area contributed by atoms with Crippen LogP contribution in [0.4, 0.5) is 0 Å². The molecule has 0 spiro atoms. The molecule has 2 aromatic rings. The fourth-order valence-corrected chi connectivity index (χ4v) is 4.57. The van der Waals surface area contributed by atoms with Gasteiger partial charge in [0.05, 0.1) is 12.0 Å². The summed E-state index contributed by atoms with van der Waals surface area (Å²) in [6.07, 6.45) is 3.11. The quantitative estimate of drug-likeness (QED) is 0.790. The molecule has 0 saturated carbocycles. The van der Waals surface area contributed by atoms with Crippen molar-refractivity contribution in [3.05, 3.63) is 54.4 Å². The molecule has 0 bridgehead atoms. The number of rotatable bonds is 6. The van der Waals surface area contributed by atoms with Crippen molar-refractivity contribution >= 4 is 16.0 Å². The molecule has 2 heterocycles. The first-order chi connectivity index (χ1) is 12.9. The summed E-state index contributed by atoms with van der Waals surface area (Å²) in [5.74, 6) is -0.394. The second-order valence-corrected chi connectivity index (χ2v) is 8.08. The summed E-state index contributed by atoms with van der Waals surface area (Å²) in [7, 11) is -2.11. The molecular weight excluding hydrogens is 370 g/mol. The number of hydrogen-bond donors (Lipinski definition) is 1. The van der Waals surface area contributed by atoms with E-state index in [4.69, 9.17) is 4.74 Å². The first-order valence-corrected chi connectivity index (χ1v) is 9.88. The largest absolute Gasteiger partial charge is 0.497 e. The number of benzene rings is 1. The maximum Gasteiger partial charge on any atom is 0.325 e. The fraction of sp³-hybridized carbons (Fsp3) is 0.333. The Morgan fingerprint density at radius 2 is 1.81 bits per heavy atom. The standard InChI is InChI=1S/C18H21N3O5S/c1-26-15-4-6-16(7-5-15)27(24,25)21-11-9-20(10-12-21)17(18(22)23)14-3-2-8-19-13-14/h2-8,13,17H,9-12H2,1H3,(H,22,23). The third kappa shape index (κ3) is 4.10. The van der Waals surface area contributed by atoms with Gasteiger partial charge in [-0.25, -0.2) is 8.42 Å². The lowest BCUT2D eigenvalue weighted by Crippen LogP contribution is -2.50. The lowest BCUT2D eigenvalue weighted by atomic mass is 10.1. The summed E-state index contributed by atoms with van der Waals surface area (Å²) >= 11 is 0. The number of nitrogens with zero attached hydrogens (tertiary/aromatic N) is 3. The molecule has 0 amide bonds. The minimum atomic E-state index is -3.63. The molecule has 1 unspecified atom stereocenters. The van der Waals surface area contributed by atoms with Gasteiger partial charge >= 0.3 is 5.97 Å². The van der Waals surface area contributed by atoms with E-state index in [2.05, 4.69) is 4.98 Å². The predicted octanol–water partition coefficient (Wildman–Crippen LogP) is 1.22. The Morgan fingerprint density at radius 1 is 1.15 bits per heavy atom. The number of carboxylic acids is 1. The van der Waals surface area contributed by atoms with Gasteiger partial charge in [-0.3, -0.25) is 14.7 Å². The maximum atomic E-state index is 12.8. The topological polar surface area (TPSA) is 100 Å². The van der Waals surface area contributed by atoms with Crippen molar-refractivity contribution in [3.8, 4) is 5.75 Å². The summed E-state index contributed by atoms with van der Waals surface area (Å²) in [4.78, 5) is 17.7. The van der Waals surface area contributed by atoms with Gasteiger partial charge in [-0.05, 0) is 35.9 Å². The summed E-state index contributed by atoms with van der Waals surface area (Å²) in [5, 5.41) is 9.62. The van der Waals surface area contributed by atoms with Crippen LogP contribution in [0.2, 0.25) is 0 Å². The number of piperazine rings is 1. The number of sulfonamides is 1. The number of hydrogen-bond acceptors (Lipinski definition) is 6. The molecule has 1 aromatic carbocycles. The lowest BCUT2D eigenvalue weighted by molar-refractivity contribution is -0.144. The number of methoxy groups -OCH3 is 1. The fourth-order valence-electron chi connectivity index (χ4n) is 3.15. The van der Waals surface area contributed by atoms with Crippen LogP contribution >= 0.6 is 0 Å². The molecule has 1 atom stereocenters. The molecule has 1 aliphatic rings. The zero-order valence-electron chi connectivity index (χ0n) is 14.9. The van der Waals surface area contributed by atoms with E-state index in [1.54, 1.807) is 35.4 Å². The molecule has 1 aliphatic heterocycles. The highest BCUT2D eigenvalue weighted by atomic mass is 32.2. The van der Waals surface area contributed by atoms with Crippen LogP contribution in [0.25, 0.3) is 0 Å². The number of carboxylic acid groups (broad SMARTS) is 1. The zero-order chi connectivity index (χ0) is 19.4. The van der Waals surface area contributed by atoms with Gasteiger partial charge in [-0.2, -0.15) is 4.31 Å². The monoisotopic (exact) mass is 391 g/mol. The van der Waals surface area contributed by atoms with Gasteiger partial charge in [0.25, 0.3) is 0 Å². The highest BCUT2D eigenvalue weighted by molar-refractivity contribution is 7.89. The van der Waals surface area contributed by atoms with Crippen molar-refractivity contribution in [1.82, 2.24) is 14.2 Å². The van der Waals surface area contributed by atoms with E-state index in [-0.39, 0.29) is 18.0 Å². The van der Waals surface area contributed by atoms with E-state index in [0.29, 0.717) is 24.4 Å². The first-order valence-electron chi connectivity index (χ1n) is 8.44. The van der Waals surface area contributed by atoms with Crippen LogP contribution < -0.4 is 4.74 Å². The smallest absolute Gasteiger partial charge is 0.325 e. The summed E-state index contributed by atoms with van der Waals surface area (Å²) < 4.78 is 32.1. The molecule has 0 aliphatic carbocycles. The van der Waals surface area contributed by atoms with E-state index in [1.807, 2.05) is 0 Å². The van der Waals surface area contributed by atoms with E-state index in [0.717, 1.165) is 0 Å². The van der Waals surface area contributed by atoms with Crippen LogP contribution in [0, 0.1) is 0 Å². The first kappa shape index (κ1) is 19.3. The molecule has 8 nitrogen and oxygen atoms in total. The number of pyridine rings is 1. The molecule has 144 valence electrons. The minimum absolute atomic E-state index is 0.193. The lowest BCUT2D eigenvalue weighted by Gasteiger charge is -2.37. The van der Waals surface area contributed by atoms with Crippen molar-refractivity contribution in [3.63, 3.8) is 0 Å². The van der Waals surface area contributed by atoms with Gasteiger partial charge in [-0.15, -0.1) is 0 Å². The van der Waals surface area contributed by atoms with Gasteiger partial charge in [0.1, 0.15) is 11.8 Å². The van der Waals surface area contributed by atoms with Crippen LogP contribution in [0.1, 0.15) is 11.6 Å². The SMILES string of the molecule is COc1ccc(S(=O)(=O)N2CCN(C(C(=O)O)c3cccnc3)CC2)cc1. The molecule has 1 fully saturated rings. The Kier molecular flexibility index (Phi) is 5.73. The van der Waals surface area contributed by atoms with Crippen molar-refractivity contribution in [2.45, 2.75) is 10.9 Å². The van der Waals surface area contributed by atoms with Crippen LogP contribution in [0.15, 0.2) is 53.7 Å². The van der Waals surface area contributed by atoms with Crippen LogP contribution in [0.3, 0.4) is 0 Å². The molecule has 1 saturated heterocycles. The number of aliphatic carboxylic acids is 1. The molecule has 1 aromatic heterocycles. The van der Waals surface area contributed by atoms with E-state index in [1.165, 1.54) is 29.7 Å².